The molecule has 0 unspecified atom stereocenters. The Hall–Kier alpha value is -1.88. The number of anilines is 1. The van der Waals surface area contributed by atoms with E-state index in [2.05, 4.69) is 5.32 Å². The number of piperazine rings is 1. The second-order valence-corrected chi connectivity index (χ2v) is 5.33. The smallest absolute Gasteiger partial charge is 0.253 e. The van der Waals surface area contributed by atoms with E-state index in [0.29, 0.717) is 19.4 Å². The van der Waals surface area contributed by atoms with Gasteiger partial charge in [0.2, 0.25) is 5.91 Å². The van der Waals surface area contributed by atoms with Crippen LogP contribution < -0.4 is 10.2 Å². The number of rotatable bonds is 5. The first-order valence-corrected chi connectivity index (χ1v) is 7.27. The number of carbonyl (C=O) groups is 2. The Morgan fingerprint density at radius 3 is 2.62 bits per heavy atom. The molecule has 114 valence electrons. The highest BCUT2D eigenvalue weighted by Crippen LogP contribution is 2.27. The van der Waals surface area contributed by atoms with Crippen molar-refractivity contribution in [2.24, 2.45) is 0 Å². The van der Waals surface area contributed by atoms with Crippen LogP contribution in [0.2, 0.25) is 0 Å². The fourth-order valence-electron chi connectivity index (χ4n) is 2.75. The van der Waals surface area contributed by atoms with Crippen molar-refractivity contribution in [3.8, 4) is 0 Å². The minimum absolute atomic E-state index is 0.0401. The predicted molar refractivity (Wildman–Crippen MR) is 81.0 cm³/mol. The van der Waals surface area contributed by atoms with Gasteiger partial charge in [0.25, 0.3) is 5.91 Å². The summed E-state index contributed by atoms with van der Waals surface area (Å²) in [7, 11) is 1.63. The average molecular weight is 290 g/mol. The topological polar surface area (TPSA) is 58.6 Å². The lowest BCUT2D eigenvalue weighted by Crippen LogP contribution is -2.66. The van der Waals surface area contributed by atoms with Crippen molar-refractivity contribution < 1.29 is 14.3 Å². The monoisotopic (exact) mass is 290 g/mol. The zero-order valence-corrected chi connectivity index (χ0v) is 12.8. The van der Waals surface area contributed by atoms with Gasteiger partial charge in [-0.3, -0.25) is 9.59 Å². The van der Waals surface area contributed by atoms with E-state index in [1.54, 1.807) is 12.0 Å². The van der Waals surface area contributed by atoms with Crippen LogP contribution in [0.15, 0.2) is 24.3 Å². The van der Waals surface area contributed by atoms with Crippen LogP contribution in [-0.4, -0.2) is 31.0 Å². The standard InChI is InChI=1S/C16H22N2O3/c1-4-16(5-2)15(20)18(10-14(19)17-16)13-8-6-7-12(9-13)11-21-3/h6-9H,4-5,10-11H2,1-3H3,(H,17,19). The highest BCUT2D eigenvalue weighted by Gasteiger charge is 2.44. The van der Waals surface area contributed by atoms with Gasteiger partial charge in [0.15, 0.2) is 0 Å². The number of amides is 2. The summed E-state index contributed by atoms with van der Waals surface area (Å²) in [5, 5.41) is 2.86. The first kappa shape index (κ1) is 15.5. The second kappa shape index (κ2) is 6.26. The summed E-state index contributed by atoms with van der Waals surface area (Å²) in [4.78, 5) is 26.4. The third-order valence-electron chi connectivity index (χ3n) is 4.08. The molecule has 5 heteroatoms. The molecule has 1 heterocycles. The Bertz CT molecular complexity index is 538. The number of nitrogens with zero attached hydrogens (tertiary/aromatic N) is 1. The quantitative estimate of drug-likeness (QED) is 0.900. The molecule has 21 heavy (non-hydrogen) atoms. The van der Waals surface area contributed by atoms with E-state index in [0.717, 1.165) is 11.3 Å². The summed E-state index contributed by atoms with van der Waals surface area (Å²) in [6.07, 6.45) is 1.17. The van der Waals surface area contributed by atoms with Gasteiger partial charge in [-0.15, -0.1) is 0 Å². The number of carbonyl (C=O) groups excluding carboxylic acids is 2. The predicted octanol–water partition coefficient (Wildman–Crippen LogP) is 1.85. The molecule has 1 aromatic rings. The van der Waals surface area contributed by atoms with Gasteiger partial charge in [-0.2, -0.15) is 0 Å². The van der Waals surface area contributed by atoms with Gasteiger partial charge in [0.05, 0.1) is 6.61 Å². The molecule has 0 spiro atoms. The molecule has 1 fully saturated rings. The number of nitrogens with one attached hydrogen (secondary N) is 1. The summed E-state index contributed by atoms with van der Waals surface area (Å²) in [6, 6.07) is 7.57. The van der Waals surface area contributed by atoms with Gasteiger partial charge in [-0.25, -0.2) is 0 Å². The van der Waals surface area contributed by atoms with E-state index in [1.807, 2.05) is 38.1 Å². The molecular weight excluding hydrogens is 268 g/mol. The third-order valence-corrected chi connectivity index (χ3v) is 4.08. The number of hydrogen-bond acceptors (Lipinski definition) is 3. The molecule has 0 radical (unpaired) electrons. The van der Waals surface area contributed by atoms with Gasteiger partial charge in [-0.1, -0.05) is 26.0 Å². The van der Waals surface area contributed by atoms with Crippen LogP contribution in [0.5, 0.6) is 0 Å². The van der Waals surface area contributed by atoms with Crippen LogP contribution in [-0.2, 0) is 20.9 Å². The van der Waals surface area contributed by atoms with Crippen LogP contribution in [0, 0.1) is 0 Å². The van der Waals surface area contributed by atoms with Crippen molar-refractivity contribution in [2.45, 2.75) is 38.8 Å². The fourth-order valence-corrected chi connectivity index (χ4v) is 2.75. The van der Waals surface area contributed by atoms with Crippen LogP contribution in [0.3, 0.4) is 0 Å². The normalized spacial score (nSPS) is 17.8. The number of methoxy groups -OCH3 is 1. The molecule has 0 aliphatic carbocycles. The Kier molecular flexibility index (Phi) is 4.63. The van der Waals surface area contributed by atoms with Crippen molar-refractivity contribution in [1.29, 1.82) is 0 Å². The molecule has 2 amide bonds. The molecule has 0 saturated carbocycles. The van der Waals surface area contributed by atoms with Gasteiger partial charge < -0.3 is 15.0 Å². The van der Waals surface area contributed by atoms with Gasteiger partial charge >= 0.3 is 0 Å². The maximum atomic E-state index is 12.8. The minimum atomic E-state index is -0.785. The first-order valence-electron chi connectivity index (χ1n) is 7.27. The number of ether oxygens (including phenoxy) is 1. The van der Waals surface area contributed by atoms with Crippen molar-refractivity contribution in [1.82, 2.24) is 5.32 Å². The maximum absolute atomic E-state index is 12.8. The molecule has 0 atom stereocenters. The summed E-state index contributed by atoms with van der Waals surface area (Å²) in [5.41, 5.74) is 0.940. The largest absolute Gasteiger partial charge is 0.380 e. The van der Waals surface area contributed by atoms with Crippen molar-refractivity contribution in [3.05, 3.63) is 29.8 Å². The van der Waals surface area contributed by atoms with E-state index < -0.39 is 5.54 Å². The number of benzene rings is 1. The van der Waals surface area contributed by atoms with Crippen molar-refractivity contribution in [3.63, 3.8) is 0 Å². The zero-order valence-electron chi connectivity index (χ0n) is 12.8. The van der Waals surface area contributed by atoms with Gasteiger partial charge in [0.1, 0.15) is 12.1 Å². The van der Waals surface area contributed by atoms with Crippen LogP contribution in [0.25, 0.3) is 0 Å². The molecule has 1 aromatic carbocycles. The Morgan fingerprint density at radius 2 is 2.00 bits per heavy atom. The first-order chi connectivity index (χ1) is 10.1. The number of hydrogen-bond donors (Lipinski definition) is 1. The van der Waals surface area contributed by atoms with Crippen LogP contribution >= 0.6 is 0 Å². The second-order valence-electron chi connectivity index (χ2n) is 5.33. The molecule has 1 saturated heterocycles. The van der Waals surface area contributed by atoms with E-state index in [4.69, 9.17) is 4.74 Å². The van der Waals surface area contributed by atoms with Gasteiger partial charge in [-0.05, 0) is 30.5 Å². The van der Waals surface area contributed by atoms with E-state index >= 15 is 0 Å². The van der Waals surface area contributed by atoms with E-state index in [9.17, 15) is 9.59 Å². The molecule has 1 aliphatic heterocycles. The summed E-state index contributed by atoms with van der Waals surface area (Å²) in [6.45, 7) is 4.39. The van der Waals surface area contributed by atoms with E-state index in [-0.39, 0.29) is 18.4 Å². The molecular formula is C16H22N2O3. The summed E-state index contributed by atoms with van der Waals surface area (Å²) >= 11 is 0. The molecule has 0 bridgehead atoms. The maximum Gasteiger partial charge on any atom is 0.253 e. The lowest BCUT2D eigenvalue weighted by Gasteiger charge is -2.41. The molecule has 0 aromatic heterocycles. The van der Waals surface area contributed by atoms with Gasteiger partial charge in [0, 0.05) is 12.8 Å². The average Bonchev–Trinajstić information content (AvgIpc) is 2.50. The lowest BCUT2D eigenvalue weighted by molar-refractivity contribution is -0.136. The molecule has 1 N–H and O–H groups in total. The molecule has 5 nitrogen and oxygen atoms in total. The van der Waals surface area contributed by atoms with E-state index in [1.165, 1.54) is 0 Å². The fraction of sp³-hybridized carbons (Fsp3) is 0.500. The Labute approximate surface area is 125 Å². The third kappa shape index (κ3) is 2.93. The Morgan fingerprint density at radius 1 is 1.29 bits per heavy atom. The Balaban J connectivity index is 2.35. The van der Waals surface area contributed by atoms with Crippen molar-refractivity contribution >= 4 is 17.5 Å². The highest BCUT2D eigenvalue weighted by atomic mass is 16.5. The SMILES string of the molecule is CCC1(CC)NC(=O)CN(c2cccc(COC)c2)C1=O. The van der Waals surface area contributed by atoms with Crippen LogP contribution in [0.1, 0.15) is 32.3 Å². The minimum Gasteiger partial charge on any atom is -0.380 e. The molecule has 2 rings (SSSR count). The zero-order chi connectivity index (χ0) is 15.5. The van der Waals surface area contributed by atoms with Crippen LogP contribution in [0.4, 0.5) is 5.69 Å². The van der Waals surface area contributed by atoms with Crippen molar-refractivity contribution in [2.75, 3.05) is 18.6 Å². The highest BCUT2D eigenvalue weighted by molar-refractivity contribution is 6.09. The summed E-state index contributed by atoms with van der Waals surface area (Å²) < 4.78 is 5.12. The summed E-state index contributed by atoms with van der Waals surface area (Å²) in [5.74, 6) is -0.155. The molecule has 1 aliphatic rings. The lowest BCUT2D eigenvalue weighted by atomic mass is 9.88.